The molecule has 0 saturated heterocycles. The number of hydrogen-bond acceptors (Lipinski definition) is 5. The summed E-state index contributed by atoms with van der Waals surface area (Å²) in [5.41, 5.74) is -2.78. The van der Waals surface area contributed by atoms with E-state index < -0.39 is 12.4 Å². The zero-order valence-electron chi connectivity index (χ0n) is 10.1. The van der Waals surface area contributed by atoms with E-state index in [1.54, 1.807) is 6.92 Å². The van der Waals surface area contributed by atoms with E-state index in [4.69, 9.17) is 37.0 Å². The molecule has 4 nitrogen and oxygen atoms in total. The summed E-state index contributed by atoms with van der Waals surface area (Å²) < 4.78 is 15.3. The summed E-state index contributed by atoms with van der Waals surface area (Å²) in [5.74, 6) is 0. The molecule has 0 rings (SSSR count). The highest BCUT2D eigenvalue weighted by Crippen LogP contribution is 2.65. The van der Waals surface area contributed by atoms with Gasteiger partial charge in [0.1, 0.15) is 0 Å². The second-order valence-electron chi connectivity index (χ2n) is 3.33. The van der Waals surface area contributed by atoms with E-state index in [1.165, 1.54) is 0 Å². The molecule has 0 heterocycles. The van der Waals surface area contributed by atoms with Crippen LogP contribution in [0, 0.1) is 0 Å². The maximum absolute atomic E-state index is 9.75. The predicted octanol–water partition coefficient (Wildman–Crippen LogP) is 4.01. The van der Waals surface area contributed by atoms with E-state index in [0.717, 1.165) is 25.7 Å². The number of thiol groups is 1. The van der Waals surface area contributed by atoms with Gasteiger partial charge >= 0.3 is 6.72 Å². The van der Waals surface area contributed by atoms with Crippen LogP contribution in [0.2, 0.25) is 0 Å². The van der Waals surface area contributed by atoms with Crippen molar-refractivity contribution >= 4 is 48.3 Å². The molecule has 0 aliphatic carbocycles. The molecule has 0 aliphatic heterocycles. The second kappa shape index (κ2) is 9.40. The van der Waals surface area contributed by atoms with Gasteiger partial charge in [-0.05, 0) is 37.0 Å². The lowest BCUT2D eigenvalue weighted by Crippen LogP contribution is -1.96. The van der Waals surface area contributed by atoms with Crippen LogP contribution in [0.1, 0.15) is 39.5 Å². The average molecular weight is 338 g/mol. The monoisotopic (exact) mass is 338 g/mol. The van der Waals surface area contributed by atoms with Crippen LogP contribution in [-0.4, -0.2) is 18.1 Å². The minimum Gasteiger partial charge on any atom is -0.324 e. The average Bonchev–Trinajstić information content (AvgIpc) is 2.15. The summed E-state index contributed by atoms with van der Waals surface area (Å²) in [4.78, 5) is 9.75. The van der Waals surface area contributed by atoms with E-state index in [2.05, 4.69) is 19.2 Å². The fourth-order valence-corrected chi connectivity index (χ4v) is 7.42. The minimum atomic E-state index is -3.32. The zero-order valence-corrected chi connectivity index (χ0v) is 14.4. The van der Waals surface area contributed by atoms with Crippen LogP contribution in [0.25, 0.3) is 0 Å². The molecule has 17 heavy (non-hydrogen) atoms. The molecule has 104 valence electrons. The summed E-state index contributed by atoms with van der Waals surface area (Å²) in [6, 6.07) is 0. The van der Waals surface area contributed by atoms with Gasteiger partial charge in [-0.2, -0.15) is 0 Å². The van der Waals surface area contributed by atoms with E-state index >= 15 is 0 Å². The highest BCUT2D eigenvalue weighted by molar-refractivity contribution is 8.60. The Hall–Kier alpha value is 1.49. The normalized spacial score (nSPS) is 18.6. The van der Waals surface area contributed by atoms with Crippen LogP contribution in [0.3, 0.4) is 0 Å². The van der Waals surface area contributed by atoms with Gasteiger partial charge < -0.3 is 13.9 Å². The molecule has 0 aliphatic rings. The van der Waals surface area contributed by atoms with Gasteiger partial charge in [0.2, 0.25) is 0 Å². The molecule has 2 atom stereocenters. The smallest absolute Gasteiger partial charge is 0.324 e. The lowest BCUT2D eigenvalue weighted by atomic mass is 10.2. The molecule has 0 aromatic heterocycles. The zero-order chi connectivity index (χ0) is 13.4. The van der Waals surface area contributed by atoms with E-state index in [9.17, 15) is 4.89 Å². The summed E-state index contributed by atoms with van der Waals surface area (Å²) in [6.07, 6.45) is 4.18. The van der Waals surface area contributed by atoms with Gasteiger partial charge in [0.25, 0.3) is 5.69 Å². The lowest BCUT2D eigenvalue weighted by Gasteiger charge is -2.21. The maximum Gasteiger partial charge on any atom is 0.330 e. The summed E-state index contributed by atoms with van der Waals surface area (Å²) >= 11 is 13.8. The third-order valence-electron chi connectivity index (χ3n) is 1.75. The van der Waals surface area contributed by atoms with Crippen molar-refractivity contribution in [3.8, 4) is 0 Å². The first kappa shape index (κ1) is 18.5. The van der Waals surface area contributed by atoms with Crippen molar-refractivity contribution in [2.75, 3.05) is 13.2 Å². The summed E-state index contributed by atoms with van der Waals surface area (Å²) in [7, 11) is 0. The van der Waals surface area contributed by atoms with Gasteiger partial charge in [-0.3, -0.25) is 0 Å². The molecule has 0 saturated carbocycles. The van der Waals surface area contributed by atoms with Crippen LogP contribution in [0.15, 0.2) is 0 Å². The van der Waals surface area contributed by atoms with Crippen LogP contribution < -0.4 is 0 Å². The van der Waals surface area contributed by atoms with Crippen LogP contribution >= 0.6 is 24.7 Å². The van der Waals surface area contributed by atoms with Gasteiger partial charge in [0.15, 0.2) is 0 Å². The van der Waals surface area contributed by atoms with Gasteiger partial charge in [-0.1, -0.05) is 38.4 Å². The van der Waals surface area contributed by atoms with Crippen molar-refractivity contribution in [2.45, 2.75) is 39.5 Å². The van der Waals surface area contributed by atoms with Crippen molar-refractivity contribution in [3.05, 3.63) is 0 Å². The van der Waals surface area contributed by atoms with Crippen molar-refractivity contribution in [1.29, 1.82) is 0 Å². The molecule has 0 spiro atoms. The first-order valence-corrected chi connectivity index (χ1v) is 11.9. The van der Waals surface area contributed by atoms with Crippen LogP contribution in [0.5, 0.6) is 0 Å². The standard InChI is InChI=1S/C8H20O4P2S3/c1-3-5-6-7-8-11-13(9,15)12-14(16,17)10-4-2/h3-8H2,1-2H3,(H,9,15)(H,16,17). The Morgan fingerprint density at radius 2 is 1.76 bits per heavy atom. The van der Waals surface area contributed by atoms with E-state index in [0.29, 0.717) is 13.2 Å². The fraction of sp³-hybridized carbons (Fsp3) is 1.00. The molecular formula is C8H20O4P2S3. The SMILES string of the molecule is CCCCCCOP(O)(=S)OP(=S)(S)OCC. The maximum atomic E-state index is 9.75. The predicted molar refractivity (Wildman–Crippen MR) is 82.6 cm³/mol. The van der Waals surface area contributed by atoms with Crippen molar-refractivity contribution < 1.29 is 18.3 Å². The highest BCUT2D eigenvalue weighted by Gasteiger charge is 2.25. The quantitative estimate of drug-likeness (QED) is 0.357. The minimum absolute atomic E-state index is 0.368. The van der Waals surface area contributed by atoms with Gasteiger partial charge in [0, 0.05) is 0 Å². The molecular weight excluding hydrogens is 318 g/mol. The first-order chi connectivity index (χ1) is 7.83. The van der Waals surface area contributed by atoms with E-state index in [-0.39, 0.29) is 0 Å². The van der Waals surface area contributed by atoms with Crippen molar-refractivity contribution in [1.82, 2.24) is 0 Å². The molecule has 0 radical (unpaired) electrons. The molecule has 0 bridgehead atoms. The van der Waals surface area contributed by atoms with Crippen LogP contribution in [-0.2, 0) is 37.0 Å². The molecule has 1 N–H and O–H groups in total. The largest absolute Gasteiger partial charge is 0.330 e. The van der Waals surface area contributed by atoms with E-state index in [1.807, 2.05) is 0 Å². The third kappa shape index (κ3) is 11.0. The summed E-state index contributed by atoms with van der Waals surface area (Å²) in [6.45, 7) is 1.33. The summed E-state index contributed by atoms with van der Waals surface area (Å²) in [5, 5.41) is 0. The Labute approximate surface area is 119 Å². The first-order valence-electron chi connectivity index (χ1n) is 5.49. The van der Waals surface area contributed by atoms with Crippen molar-refractivity contribution in [2.24, 2.45) is 0 Å². The number of unbranched alkanes of at least 4 members (excludes halogenated alkanes) is 3. The Bertz CT molecular complexity index is 300. The molecule has 0 fully saturated rings. The molecule has 9 heteroatoms. The van der Waals surface area contributed by atoms with Gasteiger partial charge in [0.05, 0.1) is 13.2 Å². The fourth-order valence-electron chi connectivity index (χ4n) is 1.05. The Morgan fingerprint density at radius 1 is 1.12 bits per heavy atom. The third-order valence-corrected chi connectivity index (χ3v) is 7.33. The topological polar surface area (TPSA) is 47.9 Å². The van der Waals surface area contributed by atoms with Crippen LogP contribution in [0.4, 0.5) is 0 Å². The Balaban J connectivity index is 3.95. The Kier molecular flexibility index (Phi) is 10.2. The molecule has 0 amide bonds. The second-order valence-corrected chi connectivity index (χ2v) is 11.6. The van der Waals surface area contributed by atoms with Gasteiger partial charge in [-0.25, -0.2) is 4.31 Å². The number of hydrogen-bond donors (Lipinski definition) is 2. The lowest BCUT2D eigenvalue weighted by molar-refractivity contribution is 0.244. The highest BCUT2D eigenvalue weighted by atomic mass is 32.9. The molecule has 0 aromatic rings. The molecule has 0 aromatic carbocycles. The number of rotatable bonds is 10. The molecule has 2 unspecified atom stereocenters. The Morgan fingerprint density at radius 3 is 2.29 bits per heavy atom. The van der Waals surface area contributed by atoms with Crippen molar-refractivity contribution in [3.63, 3.8) is 0 Å². The van der Waals surface area contributed by atoms with Gasteiger partial charge in [-0.15, -0.1) is 0 Å².